The molecule has 0 spiro atoms. The molecule has 0 aromatic rings. The van der Waals surface area contributed by atoms with Crippen LogP contribution in [0.15, 0.2) is 0 Å². The smallest absolute Gasteiger partial charge is 0.0635 e. The topological polar surface area (TPSA) is 27.0 Å². The first-order chi connectivity index (χ1) is 6.22. The molecule has 0 N–H and O–H groups in total. The van der Waals surface area contributed by atoms with Gasteiger partial charge in [0, 0.05) is 19.0 Å². The van der Waals surface area contributed by atoms with Gasteiger partial charge in [-0.05, 0) is 20.4 Å². The molecule has 0 saturated carbocycles. The molecule has 1 atom stereocenters. The van der Waals surface area contributed by atoms with E-state index in [0.29, 0.717) is 12.5 Å². The molecule has 0 aromatic heterocycles. The minimum absolute atomic E-state index is 0. The fourth-order valence-corrected chi connectivity index (χ4v) is 1.36. The molecule has 0 bridgehead atoms. The van der Waals surface area contributed by atoms with E-state index in [9.17, 15) is 0 Å². The Morgan fingerprint density at radius 3 is 2.50 bits per heavy atom. The second kappa shape index (κ2) is 10.8. The van der Waals surface area contributed by atoms with Crippen LogP contribution in [0.2, 0.25) is 0 Å². The van der Waals surface area contributed by atoms with Crippen molar-refractivity contribution in [2.45, 2.75) is 52.0 Å². The lowest BCUT2D eigenvalue weighted by atomic mass is 10.1. The van der Waals surface area contributed by atoms with E-state index >= 15 is 0 Å². The number of hydrogen-bond donors (Lipinski definition) is 0. The van der Waals surface area contributed by atoms with Gasteiger partial charge in [0.2, 0.25) is 0 Å². The molecular weight excluding hydrogens is 196 g/mol. The summed E-state index contributed by atoms with van der Waals surface area (Å²) in [5, 5.41) is 8.43. The SMILES string of the molecule is CCCCCC(C)N(C)CCC#N.Cl. The average Bonchev–Trinajstić information content (AvgIpc) is 2.14. The second-order valence-corrected chi connectivity index (χ2v) is 3.73. The first-order valence-corrected chi connectivity index (χ1v) is 5.29. The third kappa shape index (κ3) is 8.34. The van der Waals surface area contributed by atoms with E-state index in [1.807, 2.05) is 0 Å². The van der Waals surface area contributed by atoms with Crippen LogP contribution in [0.3, 0.4) is 0 Å². The zero-order valence-electron chi connectivity index (χ0n) is 9.62. The summed E-state index contributed by atoms with van der Waals surface area (Å²) in [5.41, 5.74) is 0. The van der Waals surface area contributed by atoms with E-state index in [0.717, 1.165) is 6.54 Å². The largest absolute Gasteiger partial charge is 0.303 e. The number of hydrogen-bond acceptors (Lipinski definition) is 2. The van der Waals surface area contributed by atoms with Crippen LogP contribution in [-0.2, 0) is 0 Å². The van der Waals surface area contributed by atoms with E-state index in [1.165, 1.54) is 25.7 Å². The monoisotopic (exact) mass is 218 g/mol. The predicted molar refractivity (Wildman–Crippen MR) is 63.7 cm³/mol. The van der Waals surface area contributed by atoms with Gasteiger partial charge in [-0.3, -0.25) is 0 Å². The van der Waals surface area contributed by atoms with Crippen molar-refractivity contribution in [3.8, 4) is 6.07 Å². The van der Waals surface area contributed by atoms with E-state index in [4.69, 9.17) is 5.26 Å². The lowest BCUT2D eigenvalue weighted by Crippen LogP contribution is -2.29. The van der Waals surface area contributed by atoms with Crippen LogP contribution in [0, 0.1) is 11.3 Å². The Labute approximate surface area is 94.7 Å². The number of nitriles is 1. The van der Waals surface area contributed by atoms with Gasteiger partial charge < -0.3 is 4.90 Å². The highest BCUT2D eigenvalue weighted by Gasteiger charge is 2.07. The maximum absolute atomic E-state index is 8.43. The summed E-state index contributed by atoms with van der Waals surface area (Å²) in [7, 11) is 2.11. The minimum Gasteiger partial charge on any atom is -0.303 e. The number of halogens is 1. The summed E-state index contributed by atoms with van der Waals surface area (Å²) in [6, 6.07) is 2.80. The molecule has 0 heterocycles. The Kier molecular flexibility index (Phi) is 12.5. The minimum atomic E-state index is 0. The number of nitrogens with zero attached hydrogens (tertiary/aromatic N) is 2. The highest BCUT2D eigenvalue weighted by molar-refractivity contribution is 5.85. The van der Waals surface area contributed by atoms with Crippen LogP contribution >= 0.6 is 12.4 Å². The van der Waals surface area contributed by atoms with Crippen LogP contribution < -0.4 is 0 Å². The van der Waals surface area contributed by atoms with Crippen LogP contribution in [-0.4, -0.2) is 24.5 Å². The first-order valence-electron chi connectivity index (χ1n) is 5.29. The van der Waals surface area contributed by atoms with Gasteiger partial charge in [-0.25, -0.2) is 0 Å². The molecule has 0 aliphatic heterocycles. The standard InChI is InChI=1S/C11H22N2.ClH/c1-4-5-6-8-11(2)13(3)10-7-9-12;/h11H,4-8,10H2,1-3H3;1H. The summed E-state index contributed by atoms with van der Waals surface area (Å²) >= 11 is 0. The molecule has 0 radical (unpaired) electrons. The van der Waals surface area contributed by atoms with Crippen molar-refractivity contribution < 1.29 is 0 Å². The van der Waals surface area contributed by atoms with Crippen LogP contribution in [0.5, 0.6) is 0 Å². The lowest BCUT2D eigenvalue weighted by Gasteiger charge is -2.23. The highest BCUT2D eigenvalue weighted by Crippen LogP contribution is 2.08. The van der Waals surface area contributed by atoms with Crippen molar-refractivity contribution >= 4 is 12.4 Å². The van der Waals surface area contributed by atoms with Gasteiger partial charge >= 0.3 is 0 Å². The zero-order valence-corrected chi connectivity index (χ0v) is 10.4. The third-order valence-corrected chi connectivity index (χ3v) is 2.55. The van der Waals surface area contributed by atoms with Crippen molar-refractivity contribution in [2.24, 2.45) is 0 Å². The molecule has 3 heteroatoms. The van der Waals surface area contributed by atoms with Gasteiger partial charge in [0.25, 0.3) is 0 Å². The highest BCUT2D eigenvalue weighted by atomic mass is 35.5. The van der Waals surface area contributed by atoms with Crippen LogP contribution in [0.25, 0.3) is 0 Å². The van der Waals surface area contributed by atoms with Gasteiger partial charge in [-0.15, -0.1) is 12.4 Å². The van der Waals surface area contributed by atoms with Gasteiger partial charge in [0.05, 0.1) is 6.07 Å². The quantitative estimate of drug-likeness (QED) is 0.614. The normalized spacial score (nSPS) is 11.9. The van der Waals surface area contributed by atoms with E-state index in [1.54, 1.807) is 0 Å². The maximum Gasteiger partial charge on any atom is 0.0635 e. The molecule has 0 aromatic carbocycles. The lowest BCUT2D eigenvalue weighted by molar-refractivity contribution is 0.247. The Bertz CT molecular complexity index is 154. The van der Waals surface area contributed by atoms with E-state index < -0.39 is 0 Å². The predicted octanol–water partition coefficient (Wildman–Crippen LogP) is 3.22. The van der Waals surface area contributed by atoms with Crippen molar-refractivity contribution in [3.63, 3.8) is 0 Å². The van der Waals surface area contributed by atoms with Gasteiger partial charge in [0.1, 0.15) is 0 Å². The maximum atomic E-state index is 8.43. The third-order valence-electron chi connectivity index (χ3n) is 2.55. The molecule has 1 unspecified atom stereocenters. The molecular formula is C11H23ClN2. The van der Waals surface area contributed by atoms with Crippen molar-refractivity contribution in [3.05, 3.63) is 0 Å². The number of rotatable bonds is 7. The summed E-state index contributed by atoms with van der Waals surface area (Å²) in [6.45, 7) is 5.38. The molecule has 0 aliphatic rings. The second-order valence-electron chi connectivity index (χ2n) is 3.73. The summed E-state index contributed by atoms with van der Waals surface area (Å²) in [4.78, 5) is 2.28. The Morgan fingerprint density at radius 2 is 2.00 bits per heavy atom. The van der Waals surface area contributed by atoms with Crippen molar-refractivity contribution in [1.82, 2.24) is 4.90 Å². The molecule has 0 rings (SSSR count). The van der Waals surface area contributed by atoms with E-state index in [2.05, 4.69) is 31.9 Å². The van der Waals surface area contributed by atoms with E-state index in [-0.39, 0.29) is 12.4 Å². The molecule has 0 fully saturated rings. The molecule has 0 saturated heterocycles. The summed E-state index contributed by atoms with van der Waals surface area (Å²) in [6.07, 6.45) is 5.84. The van der Waals surface area contributed by atoms with Crippen molar-refractivity contribution in [1.29, 1.82) is 5.26 Å². The average molecular weight is 219 g/mol. The van der Waals surface area contributed by atoms with Gasteiger partial charge in [-0.2, -0.15) is 5.26 Å². The molecule has 14 heavy (non-hydrogen) atoms. The molecule has 84 valence electrons. The fourth-order valence-electron chi connectivity index (χ4n) is 1.36. The first kappa shape index (κ1) is 16.2. The van der Waals surface area contributed by atoms with Gasteiger partial charge in [0.15, 0.2) is 0 Å². The summed E-state index contributed by atoms with van der Waals surface area (Å²) in [5.74, 6) is 0. The molecule has 2 nitrogen and oxygen atoms in total. The fraction of sp³-hybridized carbons (Fsp3) is 0.909. The van der Waals surface area contributed by atoms with Gasteiger partial charge in [-0.1, -0.05) is 26.2 Å². The number of unbranched alkanes of at least 4 members (excludes halogenated alkanes) is 2. The Morgan fingerprint density at radius 1 is 1.36 bits per heavy atom. The Balaban J connectivity index is 0. The van der Waals surface area contributed by atoms with Crippen molar-refractivity contribution in [2.75, 3.05) is 13.6 Å². The Hall–Kier alpha value is -0.260. The zero-order chi connectivity index (χ0) is 10.1. The molecule has 0 aliphatic carbocycles. The van der Waals surface area contributed by atoms with Crippen LogP contribution in [0.4, 0.5) is 0 Å². The van der Waals surface area contributed by atoms with Crippen LogP contribution in [0.1, 0.15) is 46.0 Å². The molecule has 0 amide bonds. The summed E-state index contributed by atoms with van der Waals surface area (Å²) < 4.78 is 0.